The van der Waals surface area contributed by atoms with Crippen LogP contribution in [0, 0.1) is 0 Å². The van der Waals surface area contributed by atoms with E-state index in [0.717, 1.165) is 0 Å². The van der Waals surface area contributed by atoms with Crippen LogP contribution in [0.1, 0.15) is 31.1 Å². The number of hydrogen-bond acceptors (Lipinski definition) is 5. The first-order chi connectivity index (χ1) is 8.24. The van der Waals surface area contributed by atoms with Crippen LogP contribution in [0.15, 0.2) is 17.1 Å². The summed E-state index contributed by atoms with van der Waals surface area (Å²) in [6, 6.07) is 2.45. The van der Waals surface area contributed by atoms with Gasteiger partial charge in [-0.15, -0.1) is 0 Å². The van der Waals surface area contributed by atoms with Gasteiger partial charge in [-0.05, 0) is 26.8 Å². The molecular formula is C12H13NO5. The Morgan fingerprint density at radius 2 is 2.00 bits per heavy atom. The standard InChI is InChI=1S/C12H13NO5/c1-12(2,3)18-7-4-8(11(16)17)10(15)9(5-7)13-6-14/h4-5,15H,1-3H3,(H,16,17). The molecule has 1 rings (SSSR count). The molecule has 0 heterocycles. The largest absolute Gasteiger partial charge is 0.505 e. The van der Waals surface area contributed by atoms with E-state index in [1.54, 1.807) is 20.8 Å². The molecule has 0 bridgehead atoms. The van der Waals surface area contributed by atoms with Gasteiger partial charge in [-0.3, -0.25) is 0 Å². The number of carboxylic acids is 1. The van der Waals surface area contributed by atoms with E-state index < -0.39 is 17.3 Å². The summed E-state index contributed by atoms with van der Waals surface area (Å²) in [5, 5.41) is 18.5. The van der Waals surface area contributed by atoms with Crippen LogP contribution in [-0.4, -0.2) is 27.9 Å². The molecule has 0 saturated heterocycles. The number of ether oxygens (including phenoxy) is 1. The predicted octanol–water partition coefficient (Wildman–Crippen LogP) is 2.24. The zero-order chi connectivity index (χ0) is 13.9. The Bertz CT molecular complexity index is 501. The van der Waals surface area contributed by atoms with Gasteiger partial charge in [0.1, 0.15) is 22.6 Å². The van der Waals surface area contributed by atoms with Gasteiger partial charge in [-0.25, -0.2) is 9.59 Å². The summed E-state index contributed by atoms with van der Waals surface area (Å²) in [5.74, 6) is -1.73. The molecule has 0 radical (unpaired) electrons. The minimum atomic E-state index is -1.34. The number of rotatable bonds is 3. The Labute approximate surface area is 104 Å². The summed E-state index contributed by atoms with van der Waals surface area (Å²) >= 11 is 0. The zero-order valence-corrected chi connectivity index (χ0v) is 10.2. The average Bonchev–Trinajstić information content (AvgIpc) is 2.20. The molecule has 96 valence electrons. The van der Waals surface area contributed by atoms with Crippen molar-refractivity contribution in [2.45, 2.75) is 26.4 Å². The number of carbonyl (C=O) groups excluding carboxylic acids is 1. The highest BCUT2D eigenvalue weighted by Gasteiger charge is 2.19. The molecule has 18 heavy (non-hydrogen) atoms. The number of carboxylic acid groups (broad SMARTS) is 1. The van der Waals surface area contributed by atoms with Crippen molar-refractivity contribution in [2.24, 2.45) is 4.99 Å². The minimum absolute atomic E-state index is 0.191. The third kappa shape index (κ3) is 3.33. The van der Waals surface area contributed by atoms with E-state index in [1.807, 2.05) is 0 Å². The van der Waals surface area contributed by atoms with Gasteiger partial charge in [0.25, 0.3) is 0 Å². The van der Waals surface area contributed by atoms with Crippen molar-refractivity contribution in [3.05, 3.63) is 17.7 Å². The Kier molecular flexibility index (Phi) is 3.73. The highest BCUT2D eigenvalue weighted by atomic mass is 16.5. The van der Waals surface area contributed by atoms with Crippen LogP contribution in [-0.2, 0) is 4.79 Å². The van der Waals surface area contributed by atoms with Crippen molar-refractivity contribution in [1.29, 1.82) is 0 Å². The highest BCUT2D eigenvalue weighted by Crippen LogP contribution is 2.35. The molecule has 6 nitrogen and oxygen atoms in total. The van der Waals surface area contributed by atoms with E-state index in [9.17, 15) is 14.7 Å². The van der Waals surface area contributed by atoms with Crippen molar-refractivity contribution in [1.82, 2.24) is 0 Å². The molecular weight excluding hydrogens is 238 g/mol. The van der Waals surface area contributed by atoms with Gasteiger partial charge in [-0.2, -0.15) is 4.99 Å². The molecule has 0 saturated carbocycles. The molecule has 1 aromatic carbocycles. The van der Waals surface area contributed by atoms with E-state index in [0.29, 0.717) is 0 Å². The normalized spacial score (nSPS) is 10.6. The maximum Gasteiger partial charge on any atom is 0.339 e. The SMILES string of the molecule is CC(C)(C)Oc1cc(N=C=O)c(O)c(C(=O)O)c1. The number of isocyanates is 1. The van der Waals surface area contributed by atoms with E-state index in [-0.39, 0.29) is 17.0 Å². The topological polar surface area (TPSA) is 96.2 Å². The number of carbonyl (C=O) groups is 1. The summed E-state index contributed by atoms with van der Waals surface area (Å²) < 4.78 is 5.47. The van der Waals surface area contributed by atoms with E-state index in [2.05, 4.69) is 4.99 Å². The van der Waals surface area contributed by atoms with Crippen LogP contribution >= 0.6 is 0 Å². The lowest BCUT2D eigenvalue weighted by molar-refractivity contribution is 0.0691. The lowest BCUT2D eigenvalue weighted by atomic mass is 10.1. The molecule has 0 aliphatic heterocycles. The van der Waals surface area contributed by atoms with Gasteiger partial charge in [0, 0.05) is 6.07 Å². The van der Waals surface area contributed by atoms with Gasteiger partial charge in [0.15, 0.2) is 5.75 Å². The monoisotopic (exact) mass is 251 g/mol. The quantitative estimate of drug-likeness (QED) is 0.634. The Morgan fingerprint density at radius 3 is 2.44 bits per heavy atom. The highest BCUT2D eigenvalue weighted by molar-refractivity contribution is 5.93. The van der Waals surface area contributed by atoms with Crippen LogP contribution in [0.4, 0.5) is 5.69 Å². The zero-order valence-electron chi connectivity index (χ0n) is 10.2. The minimum Gasteiger partial charge on any atom is -0.505 e. The van der Waals surface area contributed by atoms with Crippen molar-refractivity contribution < 1.29 is 24.5 Å². The van der Waals surface area contributed by atoms with Gasteiger partial charge in [0.05, 0.1) is 0 Å². The first kappa shape index (κ1) is 13.7. The first-order valence-electron chi connectivity index (χ1n) is 5.12. The molecule has 0 aliphatic carbocycles. The lowest BCUT2D eigenvalue weighted by Crippen LogP contribution is -2.23. The average molecular weight is 251 g/mol. The molecule has 0 aliphatic rings. The lowest BCUT2D eigenvalue weighted by Gasteiger charge is -2.21. The first-order valence-corrected chi connectivity index (χ1v) is 5.12. The Hall–Kier alpha value is -2.33. The summed E-state index contributed by atoms with van der Waals surface area (Å²) in [6.45, 7) is 5.34. The fourth-order valence-corrected chi connectivity index (χ4v) is 1.30. The van der Waals surface area contributed by atoms with Gasteiger partial charge >= 0.3 is 5.97 Å². The molecule has 6 heteroatoms. The molecule has 0 atom stereocenters. The third-order valence-electron chi connectivity index (χ3n) is 1.88. The molecule has 1 aromatic rings. The summed E-state index contributed by atoms with van der Waals surface area (Å²) in [7, 11) is 0. The van der Waals surface area contributed by atoms with Gasteiger partial charge in [-0.1, -0.05) is 0 Å². The van der Waals surface area contributed by atoms with E-state index in [1.165, 1.54) is 18.2 Å². The van der Waals surface area contributed by atoms with Crippen LogP contribution < -0.4 is 4.74 Å². The summed E-state index contributed by atoms with van der Waals surface area (Å²) in [6.07, 6.45) is 1.25. The Balaban J connectivity index is 3.38. The fourth-order valence-electron chi connectivity index (χ4n) is 1.30. The molecule has 0 unspecified atom stereocenters. The third-order valence-corrected chi connectivity index (χ3v) is 1.88. The maximum atomic E-state index is 10.9. The maximum absolute atomic E-state index is 10.9. The summed E-state index contributed by atoms with van der Waals surface area (Å²) in [5.41, 5.74) is -1.12. The smallest absolute Gasteiger partial charge is 0.339 e. The number of nitrogens with zero attached hydrogens (tertiary/aromatic N) is 1. The second kappa shape index (κ2) is 4.89. The number of aromatic hydroxyl groups is 1. The van der Waals surface area contributed by atoms with Crippen LogP contribution in [0.5, 0.6) is 11.5 Å². The number of aliphatic imine (C=N–C) groups is 1. The van der Waals surface area contributed by atoms with Gasteiger partial charge < -0.3 is 14.9 Å². The van der Waals surface area contributed by atoms with Crippen molar-refractivity contribution in [3.8, 4) is 11.5 Å². The molecule has 0 amide bonds. The van der Waals surface area contributed by atoms with Crippen LogP contribution in [0.2, 0.25) is 0 Å². The molecule has 2 N–H and O–H groups in total. The Morgan fingerprint density at radius 1 is 1.39 bits per heavy atom. The number of benzene rings is 1. The van der Waals surface area contributed by atoms with Crippen LogP contribution in [0.3, 0.4) is 0 Å². The van der Waals surface area contributed by atoms with Crippen LogP contribution in [0.25, 0.3) is 0 Å². The second-order valence-electron chi connectivity index (χ2n) is 4.56. The van der Waals surface area contributed by atoms with Crippen molar-refractivity contribution >= 4 is 17.7 Å². The summed E-state index contributed by atoms with van der Waals surface area (Å²) in [4.78, 5) is 24.4. The predicted molar refractivity (Wildman–Crippen MR) is 63.2 cm³/mol. The van der Waals surface area contributed by atoms with E-state index >= 15 is 0 Å². The molecule has 0 aromatic heterocycles. The number of hydrogen-bond donors (Lipinski definition) is 2. The molecule has 0 fully saturated rings. The van der Waals surface area contributed by atoms with Crippen molar-refractivity contribution in [3.63, 3.8) is 0 Å². The van der Waals surface area contributed by atoms with Gasteiger partial charge in [0.2, 0.25) is 6.08 Å². The fraction of sp³-hybridized carbons (Fsp3) is 0.333. The number of phenols is 1. The second-order valence-corrected chi connectivity index (χ2v) is 4.56. The van der Waals surface area contributed by atoms with Crippen molar-refractivity contribution in [2.75, 3.05) is 0 Å². The number of aromatic carboxylic acids is 1. The molecule has 0 spiro atoms. The van der Waals surface area contributed by atoms with E-state index in [4.69, 9.17) is 9.84 Å².